The number of thioether (sulfide) groups is 1. The number of rotatable bonds is 8. The van der Waals surface area contributed by atoms with Gasteiger partial charge in [0.25, 0.3) is 11.8 Å². The van der Waals surface area contributed by atoms with E-state index in [1.807, 2.05) is 91.9 Å². The lowest BCUT2D eigenvalue weighted by Gasteiger charge is -2.30. The van der Waals surface area contributed by atoms with Crippen molar-refractivity contribution in [2.75, 3.05) is 4.90 Å². The summed E-state index contributed by atoms with van der Waals surface area (Å²) in [6, 6.07) is 33.2. The lowest BCUT2D eigenvalue weighted by molar-refractivity contribution is -0.114. The van der Waals surface area contributed by atoms with E-state index in [0.29, 0.717) is 22.0 Å². The van der Waals surface area contributed by atoms with Crippen molar-refractivity contribution in [2.24, 2.45) is 0 Å². The Morgan fingerprint density at radius 1 is 0.923 bits per heavy atom. The first-order chi connectivity index (χ1) is 19.0. The minimum atomic E-state index is -0.0977. The van der Waals surface area contributed by atoms with Crippen molar-refractivity contribution in [2.45, 2.75) is 37.2 Å². The van der Waals surface area contributed by atoms with Gasteiger partial charge in [-0.05, 0) is 78.9 Å². The predicted molar refractivity (Wildman–Crippen MR) is 161 cm³/mol. The molecule has 1 aliphatic heterocycles. The maximum atomic E-state index is 13.6. The number of aryl methyl sites for hydroxylation is 1. The summed E-state index contributed by atoms with van der Waals surface area (Å²) in [6.45, 7) is 2.45. The van der Waals surface area contributed by atoms with Crippen LogP contribution < -0.4 is 10.2 Å². The highest BCUT2D eigenvalue weighted by Crippen LogP contribution is 2.42. The van der Waals surface area contributed by atoms with Gasteiger partial charge in [-0.2, -0.15) is 0 Å². The normalized spacial score (nSPS) is 14.7. The van der Waals surface area contributed by atoms with Gasteiger partial charge in [-0.1, -0.05) is 90.1 Å². The summed E-state index contributed by atoms with van der Waals surface area (Å²) in [5.74, 6) is -0.160. The van der Waals surface area contributed by atoms with Crippen LogP contribution in [0.3, 0.4) is 0 Å². The van der Waals surface area contributed by atoms with E-state index in [4.69, 9.17) is 11.6 Å². The number of nitrogens with one attached hydrogen (secondary N) is 1. The average Bonchev–Trinajstić information content (AvgIpc) is 2.95. The van der Waals surface area contributed by atoms with Gasteiger partial charge in [0, 0.05) is 21.5 Å². The molecule has 1 N–H and O–H groups in total. The molecule has 4 nitrogen and oxygen atoms in total. The zero-order chi connectivity index (χ0) is 27.2. The minimum absolute atomic E-state index is 0.0568. The molecule has 0 saturated heterocycles. The van der Waals surface area contributed by atoms with E-state index in [9.17, 15) is 9.59 Å². The Balaban J connectivity index is 1.28. The van der Waals surface area contributed by atoms with Crippen LogP contribution >= 0.6 is 23.4 Å². The molecule has 2 amide bonds. The summed E-state index contributed by atoms with van der Waals surface area (Å²) in [5, 5.41) is 3.73. The lowest BCUT2D eigenvalue weighted by atomic mass is 10.1. The van der Waals surface area contributed by atoms with Gasteiger partial charge in [-0.3, -0.25) is 9.59 Å². The molecule has 1 atom stereocenters. The van der Waals surface area contributed by atoms with Crippen molar-refractivity contribution >= 4 is 46.9 Å². The quantitative estimate of drug-likeness (QED) is 0.227. The molecule has 1 unspecified atom stereocenters. The fourth-order valence-electron chi connectivity index (χ4n) is 4.53. The number of hydrogen-bond acceptors (Lipinski definition) is 3. The summed E-state index contributed by atoms with van der Waals surface area (Å²) in [5.41, 5.74) is 4.57. The largest absolute Gasteiger partial charge is 0.350 e. The Kier molecular flexibility index (Phi) is 8.50. The molecule has 0 radical (unpaired) electrons. The monoisotopic (exact) mass is 552 g/mol. The summed E-state index contributed by atoms with van der Waals surface area (Å²) in [7, 11) is 0. The van der Waals surface area contributed by atoms with Crippen molar-refractivity contribution in [3.8, 4) is 0 Å². The molecule has 1 heterocycles. The Hall–Kier alpha value is -3.80. The lowest BCUT2D eigenvalue weighted by Crippen LogP contribution is -2.33. The number of carbonyl (C=O) groups is 2. The second kappa shape index (κ2) is 12.4. The van der Waals surface area contributed by atoms with Gasteiger partial charge in [0.1, 0.15) is 0 Å². The maximum Gasteiger partial charge on any atom is 0.265 e. The van der Waals surface area contributed by atoms with E-state index >= 15 is 0 Å². The molecule has 5 rings (SSSR count). The van der Waals surface area contributed by atoms with Gasteiger partial charge < -0.3 is 10.2 Å². The molecular formula is C33H29ClN2O2S. The third kappa shape index (κ3) is 6.80. The predicted octanol–water partition coefficient (Wildman–Crippen LogP) is 7.77. The van der Waals surface area contributed by atoms with E-state index in [1.165, 1.54) is 17.3 Å². The molecule has 4 aromatic carbocycles. The summed E-state index contributed by atoms with van der Waals surface area (Å²) in [6.07, 6.45) is 3.67. The van der Waals surface area contributed by atoms with Crippen molar-refractivity contribution in [1.82, 2.24) is 5.32 Å². The highest BCUT2D eigenvalue weighted by Gasteiger charge is 2.29. The second-order valence-corrected chi connectivity index (χ2v) is 11.1. The highest BCUT2D eigenvalue weighted by atomic mass is 35.5. The fraction of sp³-hybridized carbons (Fsp3) is 0.152. The van der Waals surface area contributed by atoms with Gasteiger partial charge in [0.2, 0.25) is 0 Å². The fourth-order valence-corrected chi connectivity index (χ4v) is 5.80. The SMILES string of the molecule is CC(CCc1ccccc1)NC(=O)c1ccc(/C=C2/Sc3ccccc3N(Cc3cccc(Cl)c3)C2=O)cc1. The van der Waals surface area contributed by atoms with Crippen molar-refractivity contribution in [3.05, 3.63) is 135 Å². The summed E-state index contributed by atoms with van der Waals surface area (Å²) in [4.78, 5) is 29.8. The van der Waals surface area contributed by atoms with E-state index in [1.54, 1.807) is 17.0 Å². The number of benzene rings is 4. The zero-order valence-corrected chi connectivity index (χ0v) is 23.2. The standard InChI is InChI=1S/C33H29ClN2O2S/c1-23(14-15-24-8-3-2-4-9-24)35-32(37)27-18-16-25(17-19-27)21-31-33(38)36(22-26-10-7-11-28(34)20-26)29-12-5-6-13-30(29)39-31/h2-13,16-21,23H,14-15,22H2,1H3,(H,35,37)/b31-21+. The van der Waals surface area contributed by atoms with E-state index in [-0.39, 0.29) is 17.9 Å². The van der Waals surface area contributed by atoms with Crippen LogP contribution in [0.25, 0.3) is 6.08 Å². The Bertz CT molecular complexity index is 1500. The number of anilines is 1. The van der Waals surface area contributed by atoms with Crippen LogP contribution in [0, 0.1) is 0 Å². The maximum absolute atomic E-state index is 13.6. The third-order valence-corrected chi connectivity index (χ3v) is 7.93. The zero-order valence-electron chi connectivity index (χ0n) is 21.6. The number of nitrogens with zero attached hydrogens (tertiary/aromatic N) is 1. The number of hydrogen-bond donors (Lipinski definition) is 1. The number of halogens is 1. The van der Waals surface area contributed by atoms with Crippen molar-refractivity contribution in [1.29, 1.82) is 0 Å². The molecule has 0 aliphatic carbocycles. The molecule has 0 aromatic heterocycles. The smallest absolute Gasteiger partial charge is 0.265 e. The summed E-state index contributed by atoms with van der Waals surface area (Å²) < 4.78 is 0. The average molecular weight is 553 g/mol. The van der Waals surface area contributed by atoms with Gasteiger partial charge in [-0.15, -0.1) is 0 Å². The molecule has 196 valence electrons. The van der Waals surface area contributed by atoms with Gasteiger partial charge >= 0.3 is 0 Å². The minimum Gasteiger partial charge on any atom is -0.350 e. The molecule has 39 heavy (non-hydrogen) atoms. The van der Waals surface area contributed by atoms with Crippen molar-refractivity contribution in [3.63, 3.8) is 0 Å². The van der Waals surface area contributed by atoms with Gasteiger partial charge in [0.05, 0.1) is 17.1 Å². The molecule has 0 saturated carbocycles. The molecular weight excluding hydrogens is 524 g/mol. The number of carbonyl (C=O) groups excluding carboxylic acids is 2. The number of amides is 2. The molecule has 0 bridgehead atoms. The van der Waals surface area contributed by atoms with Crippen LogP contribution in [0.2, 0.25) is 5.02 Å². The van der Waals surface area contributed by atoms with E-state index in [2.05, 4.69) is 17.4 Å². The first-order valence-electron chi connectivity index (χ1n) is 13.0. The summed E-state index contributed by atoms with van der Waals surface area (Å²) >= 11 is 7.66. The van der Waals surface area contributed by atoms with Gasteiger partial charge in [-0.25, -0.2) is 0 Å². The molecule has 0 spiro atoms. The van der Waals surface area contributed by atoms with E-state index < -0.39 is 0 Å². The third-order valence-electron chi connectivity index (χ3n) is 6.62. The van der Waals surface area contributed by atoms with Crippen LogP contribution in [-0.4, -0.2) is 17.9 Å². The number of fused-ring (bicyclic) bond motifs is 1. The van der Waals surface area contributed by atoms with Crippen LogP contribution in [0.15, 0.2) is 113 Å². The topological polar surface area (TPSA) is 49.4 Å². The molecule has 4 aromatic rings. The first kappa shape index (κ1) is 26.8. The Morgan fingerprint density at radius 2 is 1.64 bits per heavy atom. The second-order valence-electron chi connectivity index (χ2n) is 9.62. The first-order valence-corrected chi connectivity index (χ1v) is 14.2. The van der Waals surface area contributed by atoms with Crippen LogP contribution in [-0.2, 0) is 17.8 Å². The van der Waals surface area contributed by atoms with Gasteiger partial charge in [0.15, 0.2) is 0 Å². The van der Waals surface area contributed by atoms with E-state index in [0.717, 1.165) is 34.6 Å². The Labute approximate surface area is 238 Å². The molecule has 6 heteroatoms. The number of para-hydroxylation sites is 1. The molecule has 0 fully saturated rings. The highest BCUT2D eigenvalue weighted by molar-refractivity contribution is 8.04. The molecule has 1 aliphatic rings. The Morgan fingerprint density at radius 3 is 2.41 bits per heavy atom. The van der Waals surface area contributed by atoms with Crippen LogP contribution in [0.1, 0.15) is 40.4 Å². The van der Waals surface area contributed by atoms with Crippen LogP contribution in [0.4, 0.5) is 5.69 Å². The van der Waals surface area contributed by atoms with Crippen LogP contribution in [0.5, 0.6) is 0 Å². The van der Waals surface area contributed by atoms with Crippen molar-refractivity contribution < 1.29 is 9.59 Å².